The molecule has 0 bridgehead atoms. The van der Waals surface area contributed by atoms with Gasteiger partial charge in [-0.25, -0.2) is 0 Å². The Morgan fingerprint density at radius 3 is 2.24 bits per heavy atom. The minimum Gasteiger partial charge on any atom is -0.372 e. The summed E-state index contributed by atoms with van der Waals surface area (Å²) in [4.78, 5) is 73.1. The zero-order valence-corrected chi connectivity index (χ0v) is 25.1. The molecule has 3 heterocycles. The highest BCUT2D eigenvalue weighted by molar-refractivity contribution is 6.01. The topological polar surface area (TPSA) is 110 Å². The second kappa shape index (κ2) is 13.0. The van der Waals surface area contributed by atoms with E-state index in [4.69, 9.17) is 0 Å². The number of benzene rings is 1. The fourth-order valence-corrected chi connectivity index (χ4v) is 6.66. The molecule has 0 aromatic heterocycles. The number of Topliss-reactive ketones (excluding diaryl/α,β-unsaturated/α-hetero) is 1. The minimum atomic E-state index is -0.784. The lowest BCUT2D eigenvalue weighted by atomic mass is 10.00. The Labute approximate surface area is 243 Å². The summed E-state index contributed by atoms with van der Waals surface area (Å²) in [5, 5.41) is 2.94. The highest BCUT2D eigenvalue weighted by Gasteiger charge is 2.53. The van der Waals surface area contributed by atoms with Gasteiger partial charge in [0.1, 0.15) is 18.1 Å². The van der Waals surface area contributed by atoms with Gasteiger partial charge in [-0.05, 0) is 76.1 Å². The van der Waals surface area contributed by atoms with E-state index in [0.29, 0.717) is 37.9 Å². The summed E-state index contributed by atoms with van der Waals surface area (Å²) in [5.74, 6) is -0.986. The van der Waals surface area contributed by atoms with Gasteiger partial charge in [-0.15, -0.1) is 0 Å². The summed E-state index contributed by atoms with van der Waals surface area (Å²) in [5.41, 5.74) is 1.50. The largest absolute Gasteiger partial charge is 0.372 e. The van der Waals surface area contributed by atoms with Crippen molar-refractivity contribution in [3.8, 4) is 0 Å². The average Bonchev–Trinajstić information content (AvgIpc) is 3.54. The second-order valence-corrected chi connectivity index (χ2v) is 11.9. The van der Waals surface area contributed by atoms with Crippen molar-refractivity contribution in [2.75, 3.05) is 37.6 Å². The van der Waals surface area contributed by atoms with Crippen LogP contribution in [0.5, 0.6) is 0 Å². The van der Waals surface area contributed by atoms with Crippen LogP contribution in [-0.2, 0) is 19.2 Å². The SMILES string of the molecule is CCN(CC)c1ccc(C(=O)NC(CC(C)C)C(=O)N2CCC3C2C(=O)CN3C(=O)C2CCCCN2C(C)=O)cc1. The van der Waals surface area contributed by atoms with Gasteiger partial charge in [-0.3, -0.25) is 24.0 Å². The molecule has 41 heavy (non-hydrogen) atoms. The smallest absolute Gasteiger partial charge is 0.251 e. The Balaban J connectivity index is 1.47. The first-order valence-corrected chi connectivity index (χ1v) is 15.1. The number of amides is 4. The molecule has 10 heteroatoms. The van der Waals surface area contributed by atoms with E-state index in [2.05, 4.69) is 24.1 Å². The highest BCUT2D eigenvalue weighted by atomic mass is 16.2. The van der Waals surface area contributed by atoms with Gasteiger partial charge in [-0.2, -0.15) is 0 Å². The minimum absolute atomic E-state index is 0.0553. The van der Waals surface area contributed by atoms with Gasteiger partial charge in [0.25, 0.3) is 5.91 Å². The standard InChI is InChI=1S/C31H45N5O5/c1-6-33(7-2)23-13-11-22(12-14-23)29(39)32-24(18-20(3)4)30(40)35-17-15-25-28(35)27(38)19-36(25)31(41)26-10-8-9-16-34(26)21(5)37/h11-14,20,24-26,28H,6-10,15-19H2,1-5H3,(H,32,39). The summed E-state index contributed by atoms with van der Waals surface area (Å²) < 4.78 is 0. The molecule has 3 aliphatic rings. The molecule has 1 N–H and O–H groups in total. The summed E-state index contributed by atoms with van der Waals surface area (Å²) in [6, 6.07) is 4.89. The van der Waals surface area contributed by atoms with Crippen LogP contribution in [0.15, 0.2) is 24.3 Å². The molecule has 0 saturated carbocycles. The second-order valence-electron chi connectivity index (χ2n) is 11.9. The fraction of sp³-hybridized carbons (Fsp3) is 0.645. The van der Waals surface area contributed by atoms with Crippen molar-refractivity contribution < 1.29 is 24.0 Å². The van der Waals surface area contributed by atoms with Crippen LogP contribution in [0.1, 0.15) is 77.1 Å². The van der Waals surface area contributed by atoms with Crippen LogP contribution < -0.4 is 10.2 Å². The van der Waals surface area contributed by atoms with Gasteiger partial charge in [0.05, 0.1) is 12.6 Å². The monoisotopic (exact) mass is 567 g/mol. The van der Waals surface area contributed by atoms with Crippen LogP contribution in [0.2, 0.25) is 0 Å². The van der Waals surface area contributed by atoms with Crippen LogP contribution in [-0.4, -0.2) is 101 Å². The van der Waals surface area contributed by atoms with E-state index < -0.39 is 24.2 Å². The molecule has 1 aromatic rings. The zero-order valence-electron chi connectivity index (χ0n) is 25.1. The number of anilines is 1. The molecule has 0 radical (unpaired) electrons. The number of hydrogen-bond donors (Lipinski definition) is 1. The van der Waals surface area contributed by atoms with Gasteiger partial charge in [0.15, 0.2) is 5.78 Å². The lowest BCUT2D eigenvalue weighted by Gasteiger charge is -2.37. The quantitative estimate of drug-likeness (QED) is 0.491. The highest BCUT2D eigenvalue weighted by Crippen LogP contribution is 2.33. The molecule has 1 aromatic carbocycles. The number of nitrogens with one attached hydrogen (secondary N) is 1. The maximum absolute atomic E-state index is 13.9. The molecule has 4 unspecified atom stereocenters. The van der Waals surface area contributed by atoms with Gasteiger partial charge < -0.3 is 24.9 Å². The summed E-state index contributed by atoms with van der Waals surface area (Å²) in [7, 11) is 0. The predicted octanol–water partition coefficient (Wildman–Crippen LogP) is 2.46. The number of rotatable bonds is 9. The van der Waals surface area contributed by atoms with Crippen LogP contribution >= 0.6 is 0 Å². The molecule has 10 nitrogen and oxygen atoms in total. The van der Waals surface area contributed by atoms with Crippen molar-refractivity contribution >= 4 is 35.1 Å². The van der Waals surface area contributed by atoms with E-state index in [1.54, 1.807) is 26.8 Å². The normalized spacial score (nSPS) is 23.0. The number of carbonyl (C=O) groups excluding carboxylic acids is 5. The van der Waals surface area contributed by atoms with Crippen molar-refractivity contribution in [2.24, 2.45) is 5.92 Å². The molecule has 0 aliphatic carbocycles. The number of ketones is 1. The number of hydrogen-bond acceptors (Lipinski definition) is 6. The molecule has 0 spiro atoms. The predicted molar refractivity (Wildman–Crippen MR) is 156 cm³/mol. The van der Waals surface area contributed by atoms with E-state index >= 15 is 0 Å². The summed E-state index contributed by atoms with van der Waals surface area (Å²) in [6.07, 6.45) is 3.23. The van der Waals surface area contributed by atoms with Crippen molar-refractivity contribution in [2.45, 2.75) is 90.9 Å². The Morgan fingerprint density at radius 1 is 0.951 bits per heavy atom. The van der Waals surface area contributed by atoms with Crippen molar-refractivity contribution in [1.29, 1.82) is 0 Å². The van der Waals surface area contributed by atoms with Gasteiger partial charge in [0.2, 0.25) is 17.7 Å². The van der Waals surface area contributed by atoms with Gasteiger partial charge >= 0.3 is 0 Å². The van der Waals surface area contributed by atoms with E-state index in [-0.39, 0.29) is 41.9 Å². The Hall–Kier alpha value is -3.43. The lowest BCUT2D eigenvalue weighted by Crippen LogP contribution is -2.54. The number of likely N-dealkylation sites (tertiary alicyclic amines) is 3. The summed E-state index contributed by atoms with van der Waals surface area (Å²) >= 11 is 0. The first kappa shape index (κ1) is 30.5. The molecule has 3 aliphatic heterocycles. The lowest BCUT2D eigenvalue weighted by molar-refractivity contribution is -0.147. The van der Waals surface area contributed by atoms with E-state index in [0.717, 1.165) is 31.6 Å². The Morgan fingerprint density at radius 2 is 1.63 bits per heavy atom. The van der Waals surface area contributed by atoms with E-state index in [9.17, 15) is 24.0 Å². The first-order valence-electron chi connectivity index (χ1n) is 15.1. The molecule has 3 saturated heterocycles. The van der Waals surface area contributed by atoms with Crippen LogP contribution in [0, 0.1) is 5.92 Å². The zero-order chi connectivity index (χ0) is 29.8. The third-order valence-electron chi connectivity index (χ3n) is 8.75. The van der Waals surface area contributed by atoms with Gasteiger partial charge in [-0.1, -0.05) is 13.8 Å². The Kier molecular flexibility index (Phi) is 9.71. The van der Waals surface area contributed by atoms with E-state index in [1.807, 2.05) is 26.0 Å². The van der Waals surface area contributed by atoms with Crippen molar-refractivity contribution in [1.82, 2.24) is 20.0 Å². The van der Waals surface area contributed by atoms with Gasteiger partial charge in [0, 0.05) is 44.4 Å². The molecule has 4 rings (SSSR count). The first-order chi connectivity index (χ1) is 19.6. The Bertz CT molecular complexity index is 1150. The van der Waals surface area contributed by atoms with Crippen molar-refractivity contribution in [3.63, 3.8) is 0 Å². The van der Waals surface area contributed by atoms with Crippen LogP contribution in [0.25, 0.3) is 0 Å². The molecule has 224 valence electrons. The molecular weight excluding hydrogens is 522 g/mol. The summed E-state index contributed by atoms with van der Waals surface area (Å²) in [6.45, 7) is 12.2. The van der Waals surface area contributed by atoms with Crippen LogP contribution in [0.3, 0.4) is 0 Å². The molecule has 4 atom stereocenters. The maximum atomic E-state index is 13.9. The van der Waals surface area contributed by atoms with Crippen LogP contribution in [0.4, 0.5) is 5.69 Å². The number of fused-ring (bicyclic) bond motifs is 1. The molecule has 3 fully saturated rings. The number of piperidine rings is 1. The molecule has 4 amide bonds. The third kappa shape index (κ3) is 6.41. The number of nitrogens with zero attached hydrogens (tertiary/aromatic N) is 4. The number of carbonyl (C=O) groups is 5. The fourth-order valence-electron chi connectivity index (χ4n) is 6.66. The van der Waals surface area contributed by atoms with Crippen molar-refractivity contribution in [3.05, 3.63) is 29.8 Å². The maximum Gasteiger partial charge on any atom is 0.251 e. The third-order valence-corrected chi connectivity index (χ3v) is 8.75. The average molecular weight is 568 g/mol. The van der Waals surface area contributed by atoms with E-state index in [1.165, 1.54) is 6.92 Å². The molecular formula is C31H45N5O5.